The zero-order valence-electron chi connectivity index (χ0n) is 17.2. The van der Waals surface area contributed by atoms with Crippen molar-refractivity contribution in [2.24, 2.45) is 10.9 Å². The molecule has 1 aromatic rings. The second-order valence-electron chi connectivity index (χ2n) is 7.27. The number of guanidine groups is 1. The van der Waals surface area contributed by atoms with E-state index in [1.807, 2.05) is 37.9 Å². The molecule has 0 bridgehead atoms. The summed E-state index contributed by atoms with van der Waals surface area (Å²) in [5.74, 6) is 1.07. The molecule has 7 nitrogen and oxygen atoms in total. The van der Waals surface area contributed by atoms with Crippen LogP contribution in [0.15, 0.2) is 34.2 Å². The molecule has 8 heteroatoms. The molecule has 0 spiro atoms. The van der Waals surface area contributed by atoms with Gasteiger partial charge in [-0.25, -0.2) is 0 Å². The quantitative estimate of drug-likeness (QED) is 0.247. The summed E-state index contributed by atoms with van der Waals surface area (Å²) in [6.07, 6.45) is 4.59. The van der Waals surface area contributed by atoms with Crippen LogP contribution < -0.4 is 16.2 Å². The second kappa shape index (κ2) is 12.8. The summed E-state index contributed by atoms with van der Waals surface area (Å²) in [4.78, 5) is 30.4. The van der Waals surface area contributed by atoms with Crippen LogP contribution in [0, 0.1) is 5.92 Å². The predicted octanol–water partition coefficient (Wildman–Crippen LogP) is 2.06. The van der Waals surface area contributed by atoms with Crippen LogP contribution in [-0.2, 0) is 11.3 Å². The molecule has 1 aromatic heterocycles. The molecule has 0 aromatic carbocycles. The normalized spacial score (nSPS) is 16.8. The number of hydrogen-bond donors (Lipinski definition) is 2. The lowest BCUT2D eigenvalue weighted by atomic mass is 10.2. The molecule has 1 unspecified atom stereocenters. The van der Waals surface area contributed by atoms with Crippen molar-refractivity contribution >= 4 is 35.8 Å². The van der Waals surface area contributed by atoms with Crippen molar-refractivity contribution in [2.45, 2.75) is 52.6 Å². The number of aromatic nitrogens is 1. The Balaban J connectivity index is 0.00000392. The lowest BCUT2D eigenvalue weighted by Gasteiger charge is -2.20. The smallest absolute Gasteiger partial charge is 0.250 e. The first kappa shape index (κ1) is 24.5. The summed E-state index contributed by atoms with van der Waals surface area (Å²) in [6.45, 7) is 9.69. The third-order valence-electron chi connectivity index (χ3n) is 4.65. The van der Waals surface area contributed by atoms with Gasteiger partial charge < -0.3 is 20.1 Å². The van der Waals surface area contributed by atoms with Gasteiger partial charge in [0.25, 0.3) is 0 Å². The number of aliphatic imine (C=N–C) groups is 1. The summed E-state index contributed by atoms with van der Waals surface area (Å²) in [6, 6.07) is 5.46. The Hall–Kier alpha value is -1.58. The molecule has 0 radical (unpaired) electrons. The van der Waals surface area contributed by atoms with Gasteiger partial charge in [-0.05, 0) is 32.3 Å². The van der Waals surface area contributed by atoms with Gasteiger partial charge in [0.1, 0.15) is 0 Å². The Morgan fingerprint density at radius 2 is 2.11 bits per heavy atom. The Labute approximate surface area is 185 Å². The molecule has 1 atom stereocenters. The zero-order chi connectivity index (χ0) is 19.6. The number of nitrogens with zero attached hydrogens (tertiary/aromatic N) is 3. The first-order valence-electron chi connectivity index (χ1n) is 10.0. The Bertz CT molecular complexity index is 689. The number of amides is 1. The number of carbonyl (C=O) groups excluding carboxylic acids is 1. The summed E-state index contributed by atoms with van der Waals surface area (Å²) in [7, 11) is 0. The van der Waals surface area contributed by atoms with E-state index in [4.69, 9.17) is 0 Å². The van der Waals surface area contributed by atoms with E-state index in [9.17, 15) is 9.59 Å². The van der Waals surface area contributed by atoms with Crippen molar-refractivity contribution in [3.05, 3.63) is 34.7 Å². The maximum Gasteiger partial charge on any atom is 0.250 e. The minimum atomic E-state index is 0. The molecule has 2 heterocycles. The van der Waals surface area contributed by atoms with E-state index in [1.165, 1.54) is 0 Å². The SMILES string of the molecule is CCNC(=NCCCCn1ccccc1=O)NC1CCN(C(=O)C(C)C)C1.I. The zero-order valence-corrected chi connectivity index (χ0v) is 19.5. The molecule has 28 heavy (non-hydrogen) atoms. The van der Waals surface area contributed by atoms with Gasteiger partial charge in [-0.2, -0.15) is 0 Å². The number of halogens is 1. The molecular weight excluding hydrogens is 469 g/mol. The third-order valence-corrected chi connectivity index (χ3v) is 4.65. The Kier molecular flexibility index (Phi) is 11.2. The number of carbonyl (C=O) groups is 1. The van der Waals surface area contributed by atoms with Gasteiger partial charge in [0.2, 0.25) is 11.5 Å². The van der Waals surface area contributed by atoms with E-state index < -0.39 is 0 Å². The van der Waals surface area contributed by atoms with E-state index >= 15 is 0 Å². The fourth-order valence-corrected chi connectivity index (χ4v) is 3.19. The molecule has 1 aliphatic rings. The highest BCUT2D eigenvalue weighted by Crippen LogP contribution is 2.12. The number of hydrogen-bond acceptors (Lipinski definition) is 3. The van der Waals surface area contributed by atoms with Crippen molar-refractivity contribution in [1.82, 2.24) is 20.1 Å². The molecule has 2 rings (SSSR count). The van der Waals surface area contributed by atoms with E-state index in [0.29, 0.717) is 13.1 Å². The van der Waals surface area contributed by atoms with Crippen LogP contribution in [0.1, 0.15) is 40.0 Å². The molecule has 0 saturated carbocycles. The monoisotopic (exact) mass is 503 g/mol. The molecular formula is C20H34IN5O2. The van der Waals surface area contributed by atoms with Crippen molar-refractivity contribution in [1.29, 1.82) is 0 Å². The molecule has 1 fully saturated rings. The lowest BCUT2D eigenvalue weighted by Crippen LogP contribution is -2.45. The van der Waals surface area contributed by atoms with Crippen LogP contribution in [0.2, 0.25) is 0 Å². The van der Waals surface area contributed by atoms with Crippen molar-refractivity contribution in [2.75, 3.05) is 26.2 Å². The number of unbranched alkanes of at least 4 members (excludes halogenated alkanes) is 1. The summed E-state index contributed by atoms with van der Waals surface area (Å²) >= 11 is 0. The molecule has 0 aliphatic carbocycles. The number of nitrogens with one attached hydrogen (secondary N) is 2. The van der Waals surface area contributed by atoms with Crippen LogP contribution in [0.25, 0.3) is 0 Å². The van der Waals surface area contributed by atoms with Crippen LogP contribution in [0.5, 0.6) is 0 Å². The Morgan fingerprint density at radius 1 is 1.32 bits per heavy atom. The molecule has 2 N–H and O–H groups in total. The van der Waals surface area contributed by atoms with Crippen LogP contribution >= 0.6 is 24.0 Å². The van der Waals surface area contributed by atoms with Crippen LogP contribution in [0.3, 0.4) is 0 Å². The van der Waals surface area contributed by atoms with Gasteiger partial charge in [-0.3, -0.25) is 14.6 Å². The maximum atomic E-state index is 12.1. The predicted molar refractivity (Wildman–Crippen MR) is 124 cm³/mol. The van der Waals surface area contributed by atoms with Crippen molar-refractivity contribution in [3.63, 3.8) is 0 Å². The lowest BCUT2D eigenvalue weighted by molar-refractivity contribution is -0.133. The van der Waals surface area contributed by atoms with Gasteiger partial charge in [0.05, 0.1) is 0 Å². The van der Waals surface area contributed by atoms with Gasteiger partial charge in [-0.15, -0.1) is 24.0 Å². The summed E-state index contributed by atoms with van der Waals surface area (Å²) < 4.78 is 1.73. The average Bonchev–Trinajstić information content (AvgIpc) is 3.10. The number of pyridine rings is 1. The van der Waals surface area contributed by atoms with Gasteiger partial charge in [-0.1, -0.05) is 19.9 Å². The summed E-state index contributed by atoms with van der Waals surface area (Å²) in [5, 5.41) is 6.72. The van der Waals surface area contributed by atoms with E-state index in [-0.39, 0.29) is 47.4 Å². The van der Waals surface area contributed by atoms with Gasteiger partial charge in [0.15, 0.2) is 5.96 Å². The van der Waals surface area contributed by atoms with Crippen LogP contribution in [0.4, 0.5) is 0 Å². The van der Waals surface area contributed by atoms with Gasteiger partial charge >= 0.3 is 0 Å². The topological polar surface area (TPSA) is 78.7 Å². The standard InChI is InChI=1S/C20H33N5O2.HI/c1-4-21-20(23-17-10-14-25(15-17)19(27)16(2)3)22-11-6-8-13-24-12-7-5-9-18(24)26;/h5,7,9,12,16-17H,4,6,8,10-11,13-15H2,1-3H3,(H2,21,22,23);1H. The van der Waals surface area contributed by atoms with Crippen molar-refractivity contribution < 1.29 is 4.79 Å². The largest absolute Gasteiger partial charge is 0.357 e. The third kappa shape index (κ3) is 7.81. The molecule has 158 valence electrons. The molecule has 1 aliphatic heterocycles. The first-order valence-corrected chi connectivity index (χ1v) is 10.0. The maximum absolute atomic E-state index is 12.1. The highest BCUT2D eigenvalue weighted by molar-refractivity contribution is 14.0. The number of likely N-dealkylation sites (tertiary alicyclic amines) is 1. The van der Waals surface area contributed by atoms with E-state index in [2.05, 4.69) is 15.6 Å². The fraction of sp³-hybridized carbons (Fsp3) is 0.650. The summed E-state index contributed by atoms with van der Waals surface area (Å²) in [5.41, 5.74) is 0.0396. The van der Waals surface area contributed by atoms with E-state index in [0.717, 1.165) is 44.9 Å². The van der Waals surface area contributed by atoms with Gasteiger partial charge in [0, 0.05) is 56.9 Å². The fourth-order valence-electron chi connectivity index (χ4n) is 3.19. The number of aryl methyl sites for hydroxylation is 1. The van der Waals surface area contributed by atoms with Crippen LogP contribution in [-0.4, -0.2) is 53.6 Å². The first-order chi connectivity index (χ1) is 13.0. The Morgan fingerprint density at radius 3 is 2.79 bits per heavy atom. The molecule has 1 amide bonds. The van der Waals surface area contributed by atoms with E-state index in [1.54, 1.807) is 16.7 Å². The molecule has 1 saturated heterocycles. The van der Waals surface area contributed by atoms with Crippen molar-refractivity contribution in [3.8, 4) is 0 Å². The minimum absolute atomic E-state index is 0. The highest BCUT2D eigenvalue weighted by Gasteiger charge is 2.27. The number of rotatable bonds is 8. The highest BCUT2D eigenvalue weighted by atomic mass is 127. The second-order valence-corrected chi connectivity index (χ2v) is 7.27. The minimum Gasteiger partial charge on any atom is -0.357 e. The average molecular weight is 503 g/mol.